The highest BCUT2D eigenvalue weighted by Gasteiger charge is 2.21. The largest absolute Gasteiger partial charge is 0.309 e. The Morgan fingerprint density at radius 2 is 2.25 bits per heavy atom. The molecule has 1 aromatic heterocycles. The first kappa shape index (κ1) is 14.0. The maximum absolute atomic E-state index is 13.1. The van der Waals surface area contributed by atoms with E-state index in [0.717, 1.165) is 29.2 Å². The van der Waals surface area contributed by atoms with Gasteiger partial charge in [0.1, 0.15) is 10.8 Å². The third kappa shape index (κ3) is 3.03. The van der Waals surface area contributed by atoms with Crippen molar-refractivity contribution in [3.05, 3.63) is 39.6 Å². The molecular formula is C15H16ClFN2S. The number of nitrogens with one attached hydrogen (secondary N) is 1. The number of hydrogen-bond acceptors (Lipinski definition) is 3. The molecule has 0 unspecified atom stereocenters. The first-order valence-corrected chi connectivity index (χ1v) is 8.04. The van der Waals surface area contributed by atoms with Crippen molar-refractivity contribution >= 4 is 22.9 Å². The van der Waals surface area contributed by atoms with Gasteiger partial charge in [0.15, 0.2) is 0 Å². The Hall–Kier alpha value is -0.970. The zero-order valence-corrected chi connectivity index (χ0v) is 12.8. The molecule has 2 aromatic rings. The van der Waals surface area contributed by atoms with Crippen LogP contribution in [0, 0.1) is 5.82 Å². The average molecular weight is 311 g/mol. The molecule has 0 radical (unpaired) electrons. The fourth-order valence-electron chi connectivity index (χ4n) is 2.10. The quantitative estimate of drug-likeness (QED) is 0.884. The molecule has 0 spiro atoms. The van der Waals surface area contributed by atoms with Crippen LogP contribution in [0.5, 0.6) is 0 Å². The Morgan fingerprint density at radius 3 is 2.90 bits per heavy atom. The van der Waals surface area contributed by atoms with E-state index in [1.807, 2.05) is 0 Å². The van der Waals surface area contributed by atoms with Gasteiger partial charge < -0.3 is 5.32 Å². The van der Waals surface area contributed by atoms with Crippen molar-refractivity contribution in [2.24, 2.45) is 0 Å². The second-order valence-electron chi connectivity index (χ2n) is 5.02. The topological polar surface area (TPSA) is 24.9 Å². The monoisotopic (exact) mass is 310 g/mol. The highest BCUT2D eigenvalue weighted by molar-refractivity contribution is 7.15. The van der Waals surface area contributed by atoms with Crippen LogP contribution in [0.3, 0.4) is 0 Å². The van der Waals surface area contributed by atoms with Crippen molar-refractivity contribution in [3.63, 3.8) is 0 Å². The van der Waals surface area contributed by atoms with E-state index in [1.54, 1.807) is 17.4 Å². The molecule has 1 N–H and O–H groups in total. The van der Waals surface area contributed by atoms with Gasteiger partial charge in [-0.25, -0.2) is 9.37 Å². The van der Waals surface area contributed by atoms with Crippen molar-refractivity contribution in [1.82, 2.24) is 10.3 Å². The Morgan fingerprint density at radius 1 is 1.45 bits per heavy atom. The molecule has 5 heteroatoms. The predicted molar refractivity (Wildman–Crippen MR) is 81.8 cm³/mol. The van der Waals surface area contributed by atoms with Gasteiger partial charge in [-0.1, -0.05) is 18.5 Å². The Balaban J connectivity index is 1.88. The minimum Gasteiger partial charge on any atom is -0.309 e. The van der Waals surface area contributed by atoms with E-state index in [0.29, 0.717) is 11.1 Å². The van der Waals surface area contributed by atoms with Gasteiger partial charge in [0.05, 0.1) is 10.7 Å². The molecule has 1 fully saturated rings. The summed E-state index contributed by atoms with van der Waals surface area (Å²) < 4.78 is 13.1. The van der Waals surface area contributed by atoms with Crippen LogP contribution < -0.4 is 5.32 Å². The lowest BCUT2D eigenvalue weighted by molar-refractivity contribution is 0.628. The van der Waals surface area contributed by atoms with Gasteiger partial charge in [0, 0.05) is 23.0 Å². The van der Waals surface area contributed by atoms with E-state index in [9.17, 15) is 4.39 Å². The lowest BCUT2D eigenvalue weighted by Gasteiger charge is -2.01. The standard InChI is InChI=1S/C15H16ClFN2S/c1-2-13-14(8-18-10-4-5-10)20-15(19-13)11-6-3-9(17)7-12(11)16/h3,6-7,10,18H,2,4-5,8H2,1H3. The van der Waals surface area contributed by atoms with Crippen molar-refractivity contribution in [2.75, 3.05) is 0 Å². The molecule has 1 aliphatic rings. The van der Waals surface area contributed by atoms with Crippen LogP contribution in [0.25, 0.3) is 10.6 Å². The molecule has 20 heavy (non-hydrogen) atoms. The zero-order chi connectivity index (χ0) is 14.1. The molecule has 106 valence electrons. The molecule has 2 nitrogen and oxygen atoms in total. The number of aromatic nitrogens is 1. The van der Waals surface area contributed by atoms with Crippen LogP contribution in [0.1, 0.15) is 30.3 Å². The highest BCUT2D eigenvalue weighted by atomic mass is 35.5. The summed E-state index contributed by atoms with van der Waals surface area (Å²) in [6.45, 7) is 2.97. The average Bonchev–Trinajstić information content (AvgIpc) is 3.16. The summed E-state index contributed by atoms with van der Waals surface area (Å²) >= 11 is 7.76. The number of rotatable bonds is 5. The van der Waals surface area contributed by atoms with Crippen molar-refractivity contribution in [3.8, 4) is 10.6 Å². The Labute approximate surface area is 127 Å². The van der Waals surface area contributed by atoms with Gasteiger partial charge in [-0.15, -0.1) is 11.3 Å². The minimum absolute atomic E-state index is 0.318. The van der Waals surface area contributed by atoms with E-state index in [-0.39, 0.29) is 5.82 Å². The number of halogens is 2. The Bertz CT molecular complexity index is 622. The van der Waals surface area contributed by atoms with Crippen molar-refractivity contribution in [1.29, 1.82) is 0 Å². The molecule has 0 saturated heterocycles. The number of benzene rings is 1. The molecule has 1 aliphatic carbocycles. The zero-order valence-electron chi connectivity index (χ0n) is 11.2. The normalized spacial score (nSPS) is 14.8. The van der Waals surface area contributed by atoms with E-state index < -0.39 is 0 Å². The van der Waals surface area contributed by atoms with Gasteiger partial charge in [0.2, 0.25) is 0 Å². The fourth-order valence-corrected chi connectivity index (χ4v) is 3.55. The van der Waals surface area contributed by atoms with Crippen molar-refractivity contribution < 1.29 is 4.39 Å². The number of thiazole rings is 1. The smallest absolute Gasteiger partial charge is 0.125 e. The number of aryl methyl sites for hydroxylation is 1. The third-order valence-corrected chi connectivity index (χ3v) is 4.85. The van der Waals surface area contributed by atoms with Gasteiger partial charge in [0.25, 0.3) is 0 Å². The molecule has 0 atom stereocenters. The molecule has 1 aromatic carbocycles. The van der Waals surface area contributed by atoms with E-state index in [2.05, 4.69) is 17.2 Å². The van der Waals surface area contributed by atoms with Gasteiger partial charge in [-0.3, -0.25) is 0 Å². The van der Waals surface area contributed by atoms with Gasteiger partial charge in [-0.2, -0.15) is 0 Å². The fraction of sp³-hybridized carbons (Fsp3) is 0.400. The number of hydrogen-bond donors (Lipinski definition) is 1. The van der Waals surface area contributed by atoms with Gasteiger partial charge in [-0.05, 0) is 37.5 Å². The summed E-state index contributed by atoms with van der Waals surface area (Å²) in [6.07, 6.45) is 3.45. The maximum atomic E-state index is 13.1. The number of nitrogens with zero attached hydrogens (tertiary/aromatic N) is 1. The molecule has 0 aliphatic heterocycles. The first-order chi connectivity index (χ1) is 9.67. The summed E-state index contributed by atoms with van der Waals surface area (Å²) in [5.74, 6) is -0.318. The lowest BCUT2D eigenvalue weighted by atomic mass is 10.2. The summed E-state index contributed by atoms with van der Waals surface area (Å²) in [7, 11) is 0. The lowest BCUT2D eigenvalue weighted by Crippen LogP contribution is -2.15. The molecule has 1 heterocycles. The van der Waals surface area contributed by atoms with Crippen LogP contribution >= 0.6 is 22.9 Å². The van der Waals surface area contributed by atoms with Crippen LogP contribution in [0.4, 0.5) is 4.39 Å². The van der Waals surface area contributed by atoms with Crippen molar-refractivity contribution in [2.45, 2.75) is 38.8 Å². The summed E-state index contributed by atoms with van der Waals surface area (Å²) in [5, 5.41) is 4.81. The third-order valence-electron chi connectivity index (χ3n) is 3.40. The molecular weight excluding hydrogens is 295 g/mol. The maximum Gasteiger partial charge on any atom is 0.125 e. The van der Waals surface area contributed by atoms with Crippen LogP contribution in [0.15, 0.2) is 18.2 Å². The van der Waals surface area contributed by atoms with Gasteiger partial charge >= 0.3 is 0 Å². The summed E-state index contributed by atoms with van der Waals surface area (Å²) in [6, 6.07) is 5.15. The van der Waals surface area contributed by atoms with E-state index >= 15 is 0 Å². The van der Waals surface area contributed by atoms with Crippen LogP contribution in [-0.2, 0) is 13.0 Å². The molecule has 0 amide bonds. The second kappa shape index (κ2) is 5.80. The summed E-state index contributed by atoms with van der Waals surface area (Å²) in [5.41, 5.74) is 1.92. The van der Waals surface area contributed by atoms with E-state index in [4.69, 9.17) is 11.6 Å². The summed E-state index contributed by atoms with van der Waals surface area (Å²) in [4.78, 5) is 5.92. The molecule has 1 saturated carbocycles. The second-order valence-corrected chi connectivity index (χ2v) is 6.51. The minimum atomic E-state index is -0.318. The predicted octanol–water partition coefficient (Wildman–Crippen LogP) is 4.42. The first-order valence-electron chi connectivity index (χ1n) is 6.84. The van der Waals surface area contributed by atoms with E-state index in [1.165, 1.54) is 29.9 Å². The molecule has 3 rings (SSSR count). The van der Waals surface area contributed by atoms with Crippen LogP contribution in [-0.4, -0.2) is 11.0 Å². The SMILES string of the molecule is CCc1nc(-c2ccc(F)cc2Cl)sc1CNC1CC1. The van der Waals surface area contributed by atoms with Crippen LogP contribution in [0.2, 0.25) is 5.02 Å². The molecule has 0 bridgehead atoms. The Kier molecular flexibility index (Phi) is 4.06. The highest BCUT2D eigenvalue weighted by Crippen LogP contribution is 2.34.